The molecule has 4 rings (SSSR count). The Labute approximate surface area is 149 Å². The first-order valence-electron chi connectivity index (χ1n) is 9.54. The summed E-state index contributed by atoms with van der Waals surface area (Å²) >= 11 is 0. The number of furan rings is 1. The van der Waals surface area contributed by atoms with E-state index in [1.54, 1.807) is 7.11 Å². The number of aromatic nitrogens is 2. The molecule has 1 aliphatic heterocycles. The molecule has 0 radical (unpaired) electrons. The predicted octanol–water partition coefficient (Wildman–Crippen LogP) is 3.72. The van der Waals surface area contributed by atoms with Gasteiger partial charge in [0, 0.05) is 44.4 Å². The van der Waals surface area contributed by atoms with E-state index in [1.165, 1.54) is 36.9 Å². The fraction of sp³-hybridized carbons (Fsp3) is 0.650. The second-order valence-corrected chi connectivity index (χ2v) is 7.75. The third kappa shape index (κ3) is 3.82. The van der Waals surface area contributed by atoms with Gasteiger partial charge in [-0.05, 0) is 37.8 Å². The number of rotatable bonds is 6. The maximum absolute atomic E-state index is 5.77. The van der Waals surface area contributed by atoms with E-state index >= 15 is 0 Å². The van der Waals surface area contributed by atoms with Crippen LogP contribution in [-0.2, 0) is 24.4 Å². The summed E-state index contributed by atoms with van der Waals surface area (Å²) < 4.78 is 13.5. The van der Waals surface area contributed by atoms with Crippen molar-refractivity contribution in [2.75, 3.05) is 20.3 Å². The van der Waals surface area contributed by atoms with Crippen LogP contribution in [0.4, 0.5) is 0 Å². The van der Waals surface area contributed by atoms with Gasteiger partial charge in [-0.25, -0.2) is 0 Å². The minimum atomic E-state index is 0.342. The van der Waals surface area contributed by atoms with Crippen molar-refractivity contribution >= 4 is 0 Å². The second kappa shape index (κ2) is 7.34. The molecule has 136 valence electrons. The fourth-order valence-electron chi connectivity index (χ4n) is 4.44. The summed E-state index contributed by atoms with van der Waals surface area (Å²) in [6, 6.07) is 4.12. The lowest BCUT2D eigenvalue weighted by atomic mass is 9.97. The van der Waals surface area contributed by atoms with Gasteiger partial charge in [-0.3, -0.25) is 9.58 Å². The summed E-state index contributed by atoms with van der Waals surface area (Å²) in [6.07, 6.45) is 7.75. The van der Waals surface area contributed by atoms with Crippen molar-refractivity contribution in [2.24, 2.45) is 5.92 Å². The highest BCUT2D eigenvalue weighted by atomic mass is 16.5. The van der Waals surface area contributed by atoms with Crippen molar-refractivity contribution in [3.63, 3.8) is 0 Å². The number of fused-ring (bicyclic) bond motifs is 1. The Morgan fingerprint density at radius 1 is 1.28 bits per heavy atom. The van der Waals surface area contributed by atoms with E-state index in [1.807, 2.05) is 13.0 Å². The van der Waals surface area contributed by atoms with Crippen molar-refractivity contribution in [3.8, 4) is 0 Å². The fourth-order valence-corrected chi connectivity index (χ4v) is 4.44. The van der Waals surface area contributed by atoms with Crippen LogP contribution in [0.15, 0.2) is 22.7 Å². The quantitative estimate of drug-likeness (QED) is 0.802. The zero-order chi connectivity index (χ0) is 17.2. The lowest BCUT2D eigenvalue weighted by Gasteiger charge is -2.30. The summed E-state index contributed by atoms with van der Waals surface area (Å²) in [4.78, 5) is 2.45. The molecule has 2 aromatic rings. The number of nitrogens with zero attached hydrogens (tertiary/aromatic N) is 3. The Morgan fingerprint density at radius 3 is 2.84 bits per heavy atom. The Morgan fingerprint density at radius 2 is 2.12 bits per heavy atom. The number of hydrogen-bond donors (Lipinski definition) is 0. The van der Waals surface area contributed by atoms with Crippen molar-refractivity contribution in [1.82, 2.24) is 14.7 Å². The first-order chi connectivity index (χ1) is 12.2. The Kier molecular flexibility index (Phi) is 4.95. The molecular weight excluding hydrogens is 314 g/mol. The molecular formula is C20H29N3O2. The molecule has 1 fully saturated rings. The summed E-state index contributed by atoms with van der Waals surface area (Å²) in [7, 11) is 1.78. The van der Waals surface area contributed by atoms with Gasteiger partial charge in [0.25, 0.3) is 0 Å². The molecule has 0 amide bonds. The zero-order valence-corrected chi connectivity index (χ0v) is 15.4. The first-order valence-corrected chi connectivity index (χ1v) is 9.54. The molecule has 5 nitrogen and oxygen atoms in total. The molecule has 1 atom stereocenters. The first kappa shape index (κ1) is 16.9. The minimum Gasteiger partial charge on any atom is -0.465 e. The molecule has 0 unspecified atom stereocenters. The second-order valence-electron chi connectivity index (χ2n) is 7.75. The van der Waals surface area contributed by atoms with E-state index in [-0.39, 0.29) is 0 Å². The van der Waals surface area contributed by atoms with Crippen LogP contribution in [0.3, 0.4) is 0 Å². The number of ether oxygens (including phenoxy) is 1. The molecule has 0 N–H and O–H groups in total. The highest BCUT2D eigenvalue weighted by Crippen LogP contribution is 2.31. The third-order valence-corrected chi connectivity index (χ3v) is 5.59. The molecule has 2 aliphatic rings. The zero-order valence-electron chi connectivity index (χ0n) is 15.4. The topological polar surface area (TPSA) is 43.4 Å². The van der Waals surface area contributed by atoms with Gasteiger partial charge in [0.2, 0.25) is 0 Å². The van der Waals surface area contributed by atoms with E-state index in [0.29, 0.717) is 5.92 Å². The molecule has 0 saturated heterocycles. The molecule has 25 heavy (non-hydrogen) atoms. The Bertz CT molecular complexity index is 700. The van der Waals surface area contributed by atoms with Crippen LogP contribution in [0.1, 0.15) is 54.4 Å². The van der Waals surface area contributed by atoms with Gasteiger partial charge in [-0.15, -0.1) is 0 Å². The lowest BCUT2D eigenvalue weighted by Crippen LogP contribution is -2.34. The highest BCUT2D eigenvalue weighted by molar-refractivity contribution is 5.25. The van der Waals surface area contributed by atoms with Crippen LogP contribution >= 0.6 is 0 Å². The van der Waals surface area contributed by atoms with E-state index in [2.05, 4.69) is 21.8 Å². The lowest BCUT2D eigenvalue weighted by molar-refractivity contribution is 0.130. The molecule has 1 aliphatic carbocycles. The monoisotopic (exact) mass is 343 g/mol. The molecule has 0 aromatic carbocycles. The van der Waals surface area contributed by atoms with Crippen LogP contribution in [-0.4, -0.2) is 34.9 Å². The summed E-state index contributed by atoms with van der Waals surface area (Å²) in [5.41, 5.74) is 2.60. The number of methoxy groups -OCH3 is 1. The average molecular weight is 343 g/mol. The van der Waals surface area contributed by atoms with Crippen LogP contribution in [0.5, 0.6) is 0 Å². The van der Waals surface area contributed by atoms with Crippen molar-refractivity contribution in [1.29, 1.82) is 0 Å². The molecule has 1 saturated carbocycles. The average Bonchev–Trinajstić information content (AvgIpc) is 3.30. The third-order valence-electron chi connectivity index (χ3n) is 5.59. The SMILES string of the molecule is COC[C@@H]1CN(Cc2ccc(C)o2)Cc2cn(CC3CCCC3)nc21. The van der Waals surface area contributed by atoms with E-state index < -0.39 is 0 Å². The van der Waals surface area contributed by atoms with Crippen molar-refractivity contribution < 1.29 is 9.15 Å². The standard InChI is InChI=1S/C20H29N3O2/c1-15-7-8-19(25-15)13-22-10-17-12-23(9-16-5-3-4-6-16)21-20(17)18(11-22)14-24-2/h7-8,12,16,18H,3-6,9-11,13-14H2,1-2H3/t18-/m0/s1. The predicted molar refractivity (Wildman–Crippen MR) is 96.4 cm³/mol. The van der Waals surface area contributed by atoms with Crippen molar-refractivity contribution in [3.05, 3.63) is 41.1 Å². The number of hydrogen-bond acceptors (Lipinski definition) is 4. The summed E-state index contributed by atoms with van der Waals surface area (Å²) in [5.74, 6) is 3.17. The van der Waals surface area contributed by atoms with E-state index in [4.69, 9.17) is 14.3 Å². The van der Waals surface area contributed by atoms with Gasteiger partial charge >= 0.3 is 0 Å². The Balaban J connectivity index is 1.50. The number of aryl methyl sites for hydroxylation is 1. The Hall–Kier alpha value is -1.59. The van der Waals surface area contributed by atoms with Gasteiger partial charge in [0.05, 0.1) is 18.8 Å². The largest absolute Gasteiger partial charge is 0.465 e. The van der Waals surface area contributed by atoms with Crippen molar-refractivity contribution in [2.45, 2.75) is 58.2 Å². The van der Waals surface area contributed by atoms with Gasteiger partial charge in [0.15, 0.2) is 0 Å². The van der Waals surface area contributed by atoms with Gasteiger partial charge in [-0.1, -0.05) is 12.8 Å². The highest BCUT2D eigenvalue weighted by Gasteiger charge is 2.29. The van der Waals surface area contributed by atoms with Crippen LogP contribution in [0.25, 0.3) is 0 Å². The van der Waals surface area contributed by atoms with E-state index in [0.717, 1.165) is 50.2 Å². The maximum atomic E-state index is 5.77. The van der Waals surface area contributed by atoms with E-state index in [9.17, 15) is 0 Å². The minimum absolute atomic E-state index is 0.342. The van der Waals surface area contributed by atoms with Crippen LogP contribution in [0.2, 0.25) is 0 Å². The molecule has 0 spiro atoms. The molecule has 5 heteroatoms. The van der Waals surface area contributed by atoms with Crippen LogP contribution in [0, 0.1) is 12.8 Å². The molecule has 3 heterocycles. The molecule has 0 bridgehead atoms. The summed E-state index contributed by atoms with van der Waals surface area (Å²) in [6.45, 7) is 6.56. The van der Waals surface area contributed by atoms with Gasteiger partial charge < -0.3 is 9.15 Å². The smallest absolute Gasteiger partial charge is 0.118 e. The maximum Gasteiger partial charge on any atom is 0.118 e. The normalized spacial score (nSPS) is 21.8. The van der Waals surface area contributed by atoms with Gasteiger partial charge in [0.1, 0.15) is 11.5 Å². The van der Waals surface area contributed by atoms with Crippen LogP contribution < -0.4 is 0 Å². The van der Waals surface area contributed by atoms with Gasteiger partial charge in [-0.2, -0.15) is 5.10 Å². The summed E-state index contributed by atoms with van der Waals surface area (Å²) in [5, 5.41) is 4.95. The molecule has 2 aromatic heterocycles.